The molecular weight excluding hydrogens is 310 g/mol. The van der Waals surface area contributed by atoms with Crippen LogP contribution in [0.15, 0.2) is 30.3 Å². The Morgan fingerprint density at radius 3 is 2.61 bits per heavy atom. The van der Waals surface area contributed by atoms with E-state index in [1.807, 2.05) is 30.3 Å². The van der Waals surface area contributed by atoms with E-state index in [1.165, 1.54) is 0 Å². The van der Waals surface area contributed by atoms with E-state index in [0.29, 0.717) is 31.1 Å². The van der Waals surface area contributed by atoms with Crippen molar-refractivity contribution in [1.29, 1.82) is 0 Å². The summed E-state index contributed by atoms with van der Waals surface area (Å²) in [5.74, 6) is 0.686. The van der Waals surface area contributed by atoms with Crippen molar-refractivity contribution < 1.29 is 14.3 Å². The van der Waals surface area contributed by atoms with Crippen molar-refractivity contribution in [3.05, 3.63) is 35.9 Å². The monoisotopic (exact) mass is 335 g/mol. The van der Waals surface area contributed by atoms with E-state index in [-0.39, 0.29) is 17.3 Å². The summed E-state index contributed by atoms with van der Waals surface area (Å²) in [6.45, 7) is 6.31. The first-order valence-electron chi connectivity index (χ1n) is 8.18. The lowest BCUT2D eigenvalue weighted by molar-refractivity contribution is -0.154. The predicted octanol–water partition coefficient (Wildman–Crippen LogP) is 3.11. The average molecular weight is 335 g/mol. The van der Waals surface area contributed by atoms with Gasteiger partial charge in [-0.05, 0) is 24.8 Å². The second-order valence-corrected chi connectivity index (χ2v) is 7.17. The van der Waals surface area contributed by atoms with E-state index >= 15 is 0 Å². The van der Waals surface area contributed by atoms with E-state index < -0.39 is 6.04 Å². The molecule has 1 aliphatic rings. The lowest BCUT2D eigenvalue weighted by Crippen LogP contribution is -2.47. The number of thioether (sulfide) groups is 1. The molecule has 23 heavy (non-hydrogen) atoms. The van der Waals surface area contributed by atoms with Crippen LogP contribution in [0.5, 0.6) is 0 Å². The van der Waals surface area contributed by atoms with Crippen LogP contribution < -0.4 is 0 Å². The maximum atomic E-state index is 12.8. The highest BCUT2D eigenvalue weighted by Gasteiger charge is 2.43. The fourth-order valence-electron chi connectivity index (χ4n) is 2.80. The quantitative estimate of drug-likeness (QED) is 0.750. The van der Waals surface area contributed by atoms with E-state index in [0.717, 1.165) is 5.56 Å². The standard InChI is InChI=1S/C18H25NO3S/c1-4-22-18(21)15-12-23-17(13(2)3)19(15)16(20)11-10-14-8-6-5-7-9-14/h5-9,13,15,17H,4,10-12H2,1-3H3. The van der Waals surface area contributed by atoms with Gasteiger partial charge in [-0.2, -0.15) is 0 Å². The predicted molar refractivity (Wildman–Crippen MR) is 93.1 cm³/mol. The Bertz CT molecular complexity index is 532. The molecular formula is C18H25NO3S. The summed E-state index contributed by atoms with van der Waals surface area (Å²) in [6.07, 6.45) is 1.12. The van der Waals surface area contributed by atoms with Crippen LogP contribution >= 0.6 is 11.8 Å². The van der Waals surface area contributed by atoms with Crippen LogP contribution in [-0.2, 0) is 20.7 Å². The highest BCUT2D eigenvalue weighted by molar-refractivity contribution is 8.00. The molecule has 0 saturated carbocycles. The number of benzene rings is 1. The molecule has 0 N–H and O–H groups in total. The number of esters is 1. The number of ether oxygens (including phenoxy) is 1. The largest absolute Gasteiger partial charge is 0.464 e. The van der Waals surface area contributed by atoms with Crippen molar-refractivity contribution in [3.63, 3.8) is 0 Å². The summed E-state index contributed by atoms with van der Waals surface area (Å²) in [7, 11) is 0. The van der Waals surface area contributed by atoms with Crippen LogP contribution in [0.4, 0.5) is 0 Å². The lowest BCUT2D eigenvalue weighted by atomic mass is 10.1. The molecule has 4 nitrogen and oxygen atoms in total. The van der Waals surface area contributed by atoms with Crippen molar-refractivity contribution in [1.82, 2.24) is 4.90 Å². The number of carbonyl (C=O) groups excluding carboxylic acids is 2. The zero-order valence-electron chi connectivity index (χ0n) is 14.0. The van der Waals surface area contributed by atoms with Gasteiger partial charge in [0.05, 0.1) is 12.0 Å². The molecule has 1 aromatic rings. The van der Waals surface area contributed by atoms with Gasteiger partial charge in [0, 0.05) is 12.2 Å². The minimum Gasteiger partial charge on any atom is -0.464 e. The summed E-state index contributed by atoms with van der Waals surface area (Å²) in [5, 5.41) is 0.0488. The van der Waals surface area contributed by atoms with Crippen LogP contribution in [0.3, 0.4) is 0 Å². The summed E-state index contributed by atoms with van der Waals surface area (Å²) in [4.78, 5) is 26.7. The molecule has 2 rings (SSSR count). The van der Waals surface area contributed by atoms with E-state index in [4.69, 9.17) is 4.74 Å². The highest BCUT2D eigenvalue weighted by Crippen LogP contribution is 2.35. The molecule has 1 aromatic carbocycles. The Labute approximate surface area is 142 Å². The minimum atomic E-state index is -0.448. The summed E-state index contributed by atoms with van der Waals surface area (Å²) in [6, 6.07) is 9.52. The van der Waals surface area contributed by atoms with Crippen LogP contribution in [0.1, 0.15) is 32.8 Å². The highest BCUT2D eigenvalue weighted by atomic mass is 32.2. The van der Waals surface area contributed by atoms with Gasteiger partial charge < -0.3 is 9.64 Å². The minimum absolute atomic E-state index is 0.0376. The average Bonchev–Trinajstić information content (AvgIpc) is 2.99. The number of rotatable bonds is 6. The van der Waals surface area contributed by atoms with Gasteiger partial charge in [-0.1, -0.05) is 44.2 Å². The molecule has 1 fully saturated rings. The summed E-state index contributed by atoms with van der Waals surface area (Å²) in [5.41, 5.74) is 1.14. The van der Waals surface area contributed by atoms with Crippen LogP contribution in [-0.4, -0.2) is 40.6 Å². The third-order valence-corrected chi connectivity index (χ3v) is 5.54. The van der Waals surface area contributed by atoms with Gasteiger partial charge in [0.25, 0.3) is 0 Å². The molecule has 0 aliphatic carbocycles. The Balaban J connectivity index is 2.06. The normalized spacial score (nSPS) is 20.8. The molecule has 0 bridgehead atoms. The molecule has 1 aliphatic heterocycles. The second-order valence-electron chi connectivity index (χ2n) is 6.02. The molecule has 2 unspecified atom stereocenters. The number of hydrogen-bond donors (Lipinski definition) is 0. The smallest absolute Gasteiger partial charge is 0.329 e. The van der Waals surface area contributed by atoms with E-state index in [2.05, 4.69) is 13.8 Å². The maximum Gasteiger partial charge on any atom is 0.329 e. The van der Waals surface area contributed by atoms with Crippen molar-refractivity contribution in [2.24, 2.45) is 5.92 Å². The molecule has 5 heteroatoms. The number of carbonyl (C=O) groups is 2. The van der Waals surface area contributed by atoms with Crippen LogP contribution in [0, 0.1) is 5.92 Å². The molecule has 1 amide bonds. The van der Waals surface area contributed by atoms with Gasteiger partial charge >= 0.3 is 5.97 Å². The topological polar surface area (TPSA) is 46.6 Å². The first-order chi connectivity index (χ1) is 11.0. The summed E-state index contributed by atoms with van der Waals surface area (Å²) < 4.78 is 5.15. The SMILES string of the molecule is CCOC(=O)C1CSC(C(C)C)N1C(=O)CCc1ccccc1. The summed E-state index contributed by atoms with van der Waals surface area (Å²) >= 11 is 1.68. The number of aryl methyl sites for hydroxylation is 1. The van der Waals surface area contributed by atoms with Gasteiger partial charge in [-0.15, -0.1) is 11.8 Å². The van der Waals surface area contributed by atoms with E-state index in [1.54, 1.807) is 23.6 Å². The number of amides is 1. The molecule has 1 heterocycles. The Morgan fingerprint density at radius 1 is 1.30 bits per heavy atom. The van der Waals surface area contributed by atoms with Crippen molar-refractivity contribution in [2.45, 2.75) is 45.0 Å². The Kier molecular flexibility index (Phi) is 6.51. The Hall–Kier alpha value is -1.49. The third-order valence-electron chi connectivity index (χ3n) is 3.92. The first kappa shape index (κ1) is 17.9. The lowest BCUT2D eigenvalue weighted by Gasteiger charge is -2.30. The van der Waals surface area contributed by atoms with Gasteiger partial charge in [-0.25, -0.2) is 4.79 Å². The van der Waals surface area contributed by atoms with E-state index in [9.17, 15) is 9.59 Å². The van der Waals surface area contributed by atoms with Crippen molar-refractivity contribution in [3.8, 4) is 0 Å². The van der Waals surface area contributed by atoms with Crippen molar-refractivity contribution in [2.75, 3.05) is 12.4 Å². The van der Waals surface area contributed by atoms with Gasteiger partial charge in [0.2, 0.25) is 5.91 Å². The fraction of sp³-hybridized carbons (Fsp3) is 0.556. The fourth-order valence-corrected chi connectivity index (χ4v) is 4.29. The molecule has 126 valence electrons. The maximum absolute atomic E-state index is 12.8. The van der Waals surface area contributed by atoms with Gasteiger partial charge in [0.15, 0.2) is 0 Å². The van der Waals surface area contributed by atoms with Crippen LogP contribution in [0.25, 0.3) is 0 Å². The Morgan fingerprint density at radius 2 is 2.00 bits per heavy atom. The molecule has 0 aromatic heterocycles. The molecule has 1 saturated heterocycles. The zero-order chi connectivity index (χ0) is 16.8. The zero-order valence-corrected chi connectivity index (χ0v) is 14.8. The van der Waals surface area contributed by atoms with Gasteiger partial charge in [0.1, 0.15) is 6.04 Å². The molecule has 0 spiro atoms. The number of hydrogen-bond acceptors (Lipinski definition) is 4. The molecule has 0 radical (unpaired) electrons. The first-order valence-corrected chi connectivity index (χ1v) is 9.22. The van der Waals surface area contributed by atoms with Crippen molar-refractivity contribution >= 4 is 23.6 Å². The number of nitrogens with zero attached hydrogens (tertiary/aromatic N) is 1. The second kappa shape index (κ2) is 8.39. The third kappa shape index (κ3) is 4.50. The van der Waals surface area contributed by atoms with Crippen LogP contribution in [0.2, 0.25) is 0 Å². The van der Waals surface area contributed by atoms with Gasteiger partial charge in [-0.3, -0.25) is 4.79 Å². The molecule has 2 atom stereocenters.